The van der Waals surface area contributed by atoms with E-state index in [0.717, 1.165) is 16.9 Å². The quantitative estimate of drug-likeness (QED) is 0.602. The summed E-state index contributed by atoms with van der Waals surface area (Å²) < 4.78 is 10.6. The molecule has 1 aliphatic heterocycles. The van der Waals surface area contributed by atoms with Crippen LogP contribution < -0.4 is 4.74 Å². The first-order valence-electron chi connectivity index (χ1n) is 8.14. The van der Waals surface area contributed by atoms with Crippen LogP contribution in [0.2, 0.25) is 0 Å². The molecule has 3 rings (SSSR count). The number of hydrogen-bond acceptors (Lipinski definition) is 4. The van der Waals surface area contributed by atoms with Gasteiger partial charge in [0.05, 0.1) is 6.61 Å². The average Bonchev–Trinajstić information content (AvgIpc) is 2.96. The Bertz CT molecular complexity index is 844. The Morgan fingerprint density at radius 2 is 1.68 bits per heavy atom. The maximum absolute atomic E-state index is 12.0. The predicted octanol–water partition coefficient (Wildman–Crippen LogP) is 4.40. The summed E-state index contributed by atoms with van der Waals surface area (Å²) in [4.78, 5) is 16.2. The molecule has 4 heteroatoms. The number of benzene rings is 2. The Hall–Kier alpha value is -3.14. The van der Waals surface area contributed by atoms with Crippen LogP contribution in [0.3, 0.4) is 0 Å². The van der Waals surface area contributed by atoms with Crippen LogP contribution in [0, 0.1) is 6.92 Å². The van der Waals surface area contributed by atoms with E-state index >= 15 is 0 Å². The van der Waals surface area contributed by atoms with Gasteiger partial charge in [-0.2, -0.15) is 0 Å². The largest absolute Gasteiger partial charge is 0.494 e. The van der Waals surface area contributed by atoms with Gasteiger partial charge in [-0.25, -0.2) is 9.79 Å². The van der Waals surface area contributed by atoms with Crippen LogP contribution in [0.5, 0.6) is 5.75 Å². The molecule has 0 radical (unpaired) electrons. The molecule has 0 unspecified atom stereocenters. The monoisotopic (exact) mass is 333 g/mol. The number of aryl methyl sites for hydroxylation is 1. The van der Waals surface area contributed by atoms with Crippen LogP contribution in [-0.4, -0.2) is 18.5 Å². The lowest BCUT2D eigenvalue weighted by atomic mass is 10.1. The molecule has 0 saturated carbocycles. The van der Waals surface area contributed by atoms with Gasteiger partial charge in [-0.3, -0.25) is 0 Å². The zero-order valence-electron chi connectivity index (χ0n) is 14.2. The molecular formula is C21H19NO3. The minimum Gasteiger partial charge on any atom is -0.494 e. The van der Waals surface area contributed by atoms with Crippen molar-refractivity contribution in [3.63, 3.8) is 0 Å². The first kappa shape index (κ1) is 16.7. The Morgan fingerprint density at radius 3 is 2.36 bits per heavy atom. The Labute approximate surface area is 147 Å². The molecule has 25 heavy (non-hydrogen) atoms. The van der Waals surface area contributed by atoms with Gasteiger partial charge in [-0.1, -0.05) is 42.0 Å². The van der Waals surface area contributed by atoms with Gasteiger partial charge in [-0.05, 0) is 49.3 Å². The second-order valence-electron chi connectivity index (χ2n) is 5.62. The zero-order valence-corrected chi connectivity index (χ0v) is 14.2. The van der Waals surface area contributed by atoms with Crippen molar-refractivity contribution in [2.75, 3.05) is 6.61 Å². The maximum atomic E-state index is 12.0. The first-order valence-corrected chi connectivity index (χ1v) is 8.14. The summed E-state index contributed by atoms with van der Waals surface area (Å²) in [5, 5.41) is 0. The molecule has 0 fully saturated rings. The van der Waals surface area contributed by atoms with Crippen molar-refractivity contribution in [3.8, 4) is 5.75 Å². The topological polar surface area (TPSA) is 47.9 Å². The van der Waals surface area contributed by atoms with E-state index in [-0.39, 0.29) is 5.70 Å². The normalized spacial score (nSPS) is 15.5. The van der Waals surface area contributed by atoms with Gasteiger partial charge < -0.3 is 9.47 Å². The third-order valence-corrected chi connectivity index (χ3v) is 3.63. The predicted molar refractivity (Wildman–Crippen MR) is 99.3 cm³/mol. The second kappa shape index (κ2) is 7.62. The van der Waals surface area contributed by atoms with Gasteiger partial charge in [0, 0.05) is 6.08 Å². The SMILES string of the molecule is CCOc1ccc(/C=C2N=C(/C=C/c3ccc(C)cc3)OC\2=O)cc1. The van der Waals surface area contributed by atoms with E-state index in [1.54, 1.807) is 12.2 Å². The molecule has 4 nitrogen and oxygen atoms in total. The summed E-state index contributed by atoms with van der Waals surface area (Å²) in [5.74, 6) is 0.643. The fourth-order valence-corrected chi connectivity index (χ4v) is 2.33. The number of carbonyl (C=O) groups excluding carboxylic acids is 1. The number of nitrogens with zero attached hydrogens (tertiary/aromatic N) is 1. The van der Waals surface area contributed by atoms with Crippen LogP contribution in [0.1, 0.15) is 23.6 Å². The van der Waals surface area contributed by atoms with E-state index in [2.05, 4.69) is 4.99 Å². The lowest BCUT2D eigenvalue weighted by Crippen LogP contribution is -2.01. The van der Waals surface area contributed by atoms with Gasteiger partial charge >= 0.3 is 5.97 Å². The van der Waals surface area contributed by atoms with Gasteiger partial charge in [0.15, 0.2) is 5.70 Å². The third kappa shape index (κ3) is 4.44. The number of hydrogen-bond donors (Lipinski definition) is 0. The Balaban J connectivity index is 1.74. The molecule has 1 heterocycles. The van der Waals surface area contributed by atoms with Gasteiger partial charge in [0.2, 0.25) is 5.90 Å². The zero-order chi connectivity index (χ0) is 17.6. The van der Waals surface area contributed by atoms with Crippen molar-refractivity contribution in [2.45, 2.75) is 13.8 Å². The van der Waals surface area contributed by atoms with Crippen molar-refractivity contribution in [2.24, 2.45) is 4.99 Å². The summed E-state index contributed by atoms with van der Waals surface area (Å²) in [7, 11) is 0. The fourth-order valence-electron chi connectivity index (χ4n) is 2.33. The highest BCUT2D eigenvalue weighted by molar-refractivity contribution is 6.11. The molecule has 0 atom stereocenters. The molecule has 0 N–H and O–H groups in total. The van der Waals surface area contributed by atoms with Crippen LogP contribution >= 0.6 is 0 Å². The molecule has 0 aliphatic carbocycles. The van der Waals surface area contributed by atoms with Gasteiger partial charge in [0.25, 0.3) is 0 Å². The molecule has 0 spiro atoms. The summed E-state index contributed by atoms with van der Waals surface area (Å²) >= 11 is 0. The van der Waals surface area contributed by atoms with Crippen molar-refractivity contribution < 1.29 is 14.3 Å². The highest BCUT2D eigenvalue weighted by atomic mass is 16.6. The number of cyclic esters (lactones) is 1. The summed E-state index contributed by atoms with van der Waals surface area (Å²) in [6.07, 6.45) is 5.26. The fraction of sp³-hybridized carbons (Fsp3) is 0.143. The Morgan fingerprint density at radius 1 is 1.00 bits per heavy atom. The first-order chi connectivity index (χ1) is 12.1. The summed E-state index contributed by atoms with van der Waals surface area (Å²) in [6.45, 7) is 4.59. The van der Waals surface area contributed by atoms with E-state index in [1.807, 2.05) is 68.5 Å². The number of esters is 1. The number of rotatable bonds is 5. The van der Waals surface area contributed by atoms with Crippen molar-refractivity contribution in [3.05, 3.63) is 77.0 Å². The van der Waals surface area contributed by atoms with E-state index in [9.17, 15) is 4.79 Å². The van der Waals surface area contributed by atoms with E-state index in [1.165, 1.54) is 5.56 Å². The van der Waals surface area contributed by atoms with Gasteiger partial charge in [-0.15, -0.1) is 0 Å². The Kier molecular flexibility index (Phi) is 5.09. The van der Waals surface area contributed by atoms with Crippen LogP contribution in [0.4, 0.5) is 0 Å². The minimum atomic E-state index is -0.447. The molecule has 0 bridgehead atoms. The van der Waals surface area contributed by atoms with Gasteiger partial charge in [0.1, 0.15) is 5.75 Å². The molecule has 126 valence electrons. The number of aliphatic imine (C=N–C) groups is 1. The van der Waals surface area contributed by atoms with Crippen LogP contribution in [0.15, 0.2) is 65.3 Å². The second-order valence-corrected chi connectivity index (χ2v) is 5.62. The summed E-state index contributed by atoms with van der Waals surface area (Å²) in [5.41, 5.74) is 3.37. The standard InChI is InChI=1S/C21H19NO3/c1-3-24-18-11-8-17(9-12-18)14-19-21(23)25-20(22-19)13-10-16-6-4-15(2)5-7-16/h4-14H,3H2,1-2H3/b13-10+,19-14-. The van der Waals surface area contributed by atoms with E-state index in [4.69, 9.17) is 9.47 Å². The molecule has 0 amide bonds. The molecule has 2 aromatic rings. The highest BCUT2D eigenvalue weighted by Gasteiger charge is 2.21. The molecular weight excluding hydrogens is 314 g/mol. The molecule has 0 aromatic heterocycles. The van der Waals surface area contributed by atoms with Crippen LogP contribution in [0.25, 0.3) is 12.2 Å². The van der Waals surface area contributed by atoms with Crippen LogP contribution in [-0.2, 0) is 9.53 Å². The third-order valence-electron chi connectivity index (χ3n) is 3.63. The van der Waals surface area contributed by atoms with Crippen molar-refractivity contribution in [1.82, 2.24) is 0 Å². The molecule has 2 aromatic carbocycles. The van der Waals surface area contributed by atoms with Crippen molar-refractivity contribution >= 4 is 24.0 Å². The number of ether oxygens (including phenoxy) is 2. The summed E-state index contributed by atoms with van der Waals surface area (Å²) in [6, 6.07) is 15.5. The van der Waals surface area contributed by atoms with E-state index in [0.29, 0.717) is 12.5 Å². The maximum Gasteiger partial charge on any atom is 0.363 e. The van der Waals surface area contributed by atoms with E-state index < -0.39 is 5.97 Å². The lowest BCUT2D eigenvalue weighted by Gasteiger charge is -2.02. The molecule has 0 saturated heterocycles. The minimum absolute atomic E-state index is 0.285. The van der Waals surface area contributed by atoms with Crippen molar-refractivity contribution in [1.29, 1.82) is 0 Å². The highest BCUT2D eigenvalue weighted by Crippen LogP contribution is 2.19. The average molecular weight is 333 g/mol. The molecule has 1 aliphatic rings. The smallest absolute Gasteiger partial charge is 0.363 e. The lowest BCUT2D eigenvalue weighted by molar-refractivity contribution is -0.129. The number of carbonyl (C=O) groups is 1.